The van der Waals surface area contributed by atoms with Crippen molar-refractivity contribution in [3.63, 3.8) is 0 Å². The van der Waals surface area contributed by atoms with E-state index in [1.165, 1.54) is 0 Å². The van der Waals surface area contributed by atoms with E-state index in [9.17, 15) is 4.79 Å². The molecule has 0 bridgehead atoms. The average molecular weight is 327 g/mol. The Balaban J connectivity index is 1.82. The second-order valence-corrected chi connectivity index (χ2v) is 6.08. The van der Waals surface area contributed by atoms with Crippen LogP contribution in [0.15, 0.2) is 24.7 Å². The average Bonchev–Trinajstić information content (AvgIpc) is 3.04. The Morgan fingerprint density at radius 3 is 3.12 bits per heavy atom. The number of anilines is 1. The van der Waals surface area contributed by atoms with Crippen molar-refractivity contribution in [2.75, 3.05) is 11.4 Å². The molecular weight excluding hydrogens is 310 g/mol. The number of carbonyl (C=O) groups is 1. The number of pyridine rings is 1. The Hall–Kier alpha value is -2.90. The Morgan fingerprint density at radius 2 is 2.29 bits per heavy atom. The molecule has 1 aliphatic heterocycles. The minimum Gasteiger partial charge on any atom is -0.450 e. The highest BCUT2D eigenvalue weighted by Gasteiger charge is 2.30. The van der Waals surface area contributed by atoms with E-state index in [4.69, 9.17) is 9.84 Å². The number of aromatic nitrogens is 4. The number of nitrogens with one attached hydrogen (secondary N) is 1. The van der Waals surface area contributed by atoms with Gasteiger partial charge in [0.15, 0.2) is 5.82 Å². The van der Waals surface area contributed by atoms with E-state index in [1.54, 1.807) is 12.4 Å². The molecular formula is C16H17N5O3. The highest BCUT2D eigenvalue weighted by atomic mass is 16.7. The number of H-pyrrole nitrogens is 1. The summed E-state index contributed by atoms with van der Waals surface area (Å²) < 4.78 is 4.98. The van der Waals surface area contributed by atoms with Crippen LogP contribution < -0.4 is 4.90 Å². The predicted molar refractivity (Wildman–Crippen MR) is 88.1 cm³/mol. The van der Waals surface area contributed by atoms with Gasteiger partial charge in [-0.25, -0.2) is 9.78 Å². The molecule has 0 amide bonds. The normalized spacial score (nSPS) is 21.3. The molecule has 8 heteroatoms. The third-order valence-electron chi connectivity index (χ3n) is 4.57. The van der Waals surface area contributed by atoms with Gasteiger partial charge in [-0.15, -0.1) is 5.10 Å². The summed E-state index contributed by atoms with van der Waals surface area (Å²) in [4.78, 5) is 20.4. The number of nitrogens with zero attached hydrogens (tertiary/aromatic N) is 4. The molecule has 2 N–H and O–H groups in total. The maximum absolute atomic E-state index is 10.9. The molecule has 1 saturated heterocycles. The summed E-state index contributed by atoms with van der Waals surface area (Å²) >= 11 is 0. The van der Waals surface area contributed by atoms with E-state index in [0.29, 0.717) is 13.0 Å². The molecule has 8 nitrogen and oxygen atoms in total. The van der Waals surface area contributed by atoms with E-state index in [1.807, 2.05) is 12.3 Å². The molecule has 1 fully saturated rings. The zero-order chi connectivity index (χ0) is 16.7. The van der Waals surface area contributed by atoms with Gasteiger partial charge >= 0.3 is 6.16 Å². The second-order valence-electron chi connectivity index (χ2n) is 6.08. The van der Waals surface area contributed by atoms with Crippen LogP contribution in [0.4, 0.5) is 10.6 Å². The lowest BCUT2D eigenvalue weighted by Gasteiger charge is -2.38. The quantitative estimate of drug-likeness (QED) is 0.697. The van der Waals surface area contributed by atoms with Crippen LogP contribution in [-0.2, 0) is 4.74 Å². The number of piperidine rings is 1. The molecule has 4 rings (SSSR count). The van der Waals surface area contributed by atoms with Crippen LogP contribution in [0.5, 0.6) is 0 Å². The molecule has 124 valence electrons. The Labute approximate surface area is 137 Å². The van der Waals surface area contributed by atoms with E-state index < -0.39 is 6.16 Å². The smallest absolute Gasteiger partial charge is 0.450 e. The van der Waals surface area contributed by atoms with Crippen LogP contribution in [0, 0.1) is 0 Å². The lowest BCUT2D eigenvalue weighted by atomic mass is 10.0. The molecule has 0 saturated carbocycles. The largest absolute Gasteiger partial charge is 0.506 e. The predicted octanol–water partition coefficient (Wildman–Crippen LogP) is 2.56. The van der Waals surface area contributed by atoms with Crippen LogP contribution in [0.2, 0.25) is 0 Å². The first kappa shape index (κ1) is 14.7. The minimum absolute atomic E-state index is 0.223. The molecule has 0 radical (unpaired) electrons. The van der Waals surface area contributed by atoms with Gasteiger partial charge in [-0.05, 0) is 25.8 Å². The van der Waals surface area contributed by atoms with E-state index in [-0.39, 0.29) is 12.1 Å². The standard InChI is InChI=1S/C16H17N5O3/c1-9-2-3-11(24-16(22)23)8-21(9)15-13-10(7-19-20-15)6-18-14-12(13)4-5-17-14/h4-7,9,11H,2-3,8H2,1H3,(H,17,18)(H,22,23). The first-order valence-corrected chi connectivity index (χ1v) is 7.87. The van der Waals surface area contributed by atoms with Gasteiger partial charge in [0.25, 0.3) is 0 Å². The fraction of sp³-hybridized carbons (Fsp3) is 0.375. The third-order valence-corrected chi connectivity index (χ3v) is 4.57. The van der Waals surface area contributed by atoms with Crippen molar-refractivity contribution in [1.29, 1.82) is 0 Å². The fourth-order valence-corrected chi connectivity index (χ4v) is 3.38. The van der Waals surface area contributed by atoms with Crippen LogP contribution >= 0.6 is 0 Å². The number of hydrogen-bond donors (Lipinski definition) is 2. The van der Waals surface area contributed by atoms with Gasteiger partial charge in [-0.2, -0.15) is 5.10 Å². The zero-order valence-corrected chi connectivity index (χ0v) is 13.1. The van der Waals surface area contributed by atoms with Gasteiger partial charge in [-0.3, -0.25) is 0 Å². The highest BCUT2D eigenvalue weighted by Crippen LogP contribution is 2.33. The Morgan fingerprint density at radius 1 is 1.42 bits per heavy atom. The summed E-state index contributed by atoms with van der Waals surface area (Å²) in [5, 5.41) is 20.2. The summed E-state index contributed by atoms with van der Waals surface area (Å²) in [6, 6.07) is 2.19. The molecule has 2 atom stereocenters. The number of rotatable bonds is 2. The van der Waals surface area contributed by atoms with Crippen LogP contribution in [0.25, 0.3) is 21.8 Å². The maximum atomic E-state index is 10.9. The van der Waals surface area contributed by atoms with Gasteiger partial charge in [0.05, 0.1) is 12.7 Å². The lowest BCUT2D eigenvalue weighted by molar-refractivity contribution is 0.0426. The summed E-state index contributed by atoms with van der Waals surface area (Å²) in [6.45, 7) is 2.57. The number of fused-ring (bicyclic) bond motifs is 3. The molecule has 3 aromatic rings. The van der Waals surface area contributed by atoms with Crippen LogP contribution in [-0.4, -0.2) is 50.1 Å². The van der Waals surface area contributed by atoms with Crippen molar-refractivity contribution in [1.82, 2.24) is 20.2 Å². The molecule has 0 aliphatic carbocycles. The van der Waals surface area contributed by atoms with E-state index in [2.05, 4.69) is 32.0 Å². The van der Waals surface area contributed by atoms with Crippen molar-refractivity contribution >= 4 is 33.8 Å². The zero-order valence-electron chi connectivity index (χ0n) is 13.1. The minimum atomic E-state index is -1.24. The van der Waals surface area contributed by atoms with Crippen molar-refractivity contribution in [3.05, 3.63) is 24.7 Å². The van der Waals surface area contributed by atoms with Crippen molar-refractivity contribution in [3.8, 4) is 0 Å². The number of aromatic amines is 1. The number of carboxylic acid groups (broad SMARTS) is 1. The van der Waals surface area contributed by atoms with Crippen molar-refractivity contribution < 1.29 is 14.6 Å². The van der Waals surface area contributed by atoms with Crippen LogP contribution in [0.1, 0.15) is 19.8 Å². The van der Waals surface area contributed by atoms with Gasteiger partial charge < -0.3 is 19.7 Å². The lowest BCUT2D eigenvalue weighted by Crippen LogP contribution is -2.46. The Bertz CT molecular complexity index is 909. The summed E-state index contributed by atoms with van der Waals surface area (Å²) in [5.41, 5.74) is 0.791. The van der Waals surface area contributed by atoms with Crippen LogP contribution in [0.3, 0.4) is 0 Å². The van der Waals surface area contributed by atoms with Gasteiger partial charge in [0.1, 0.15) is 11.8 Å². The van der Waals surface area contributed by atoms with Gasteiger partial charge in [0, 0.05) is 34.6 Å². The summed E-state index contributed by atoms with van der Waals surface area (Å²) in [5.74, 6) is 0.741. The molecule has 1 aliphatic rings. The second kappa shape index (κ2) is 5.63. The fourth-order valence-electron chi connectivity index (χ4n) is 3.38. The monoisotopic (exact) mass is 327 g/mol. The SMILES string of the molecule is CC1CCC(OC(=O)O)CN1c1nncc2cnc3[nH]ccc3c12. The van der Waals surface area contributed by atoms with Gasteiger partial charge in [0.2, 0.25) is 0 Å². The third kappa shape index (κ3) is 2.40. The molecule has 3 aromatic heterocycles. The molecule has 0 spiro atoms. The topological polar surface area (TPSA) is 104 Å². The maximum Gasteiger partial charge on any atom is 0.506 e. The van der Waals surface area contributed by atoms with Crippen molar-refractivity contribution in [2.45, 2.75) is 31.9 Å². The molecule has 24 heavy (non-hydrogen) atoms. The molecule has 2 unspecified atom stereocenters. The van der Waals surface area contributed by atoms with E-state index in [0.717, 1.165) is 34.0 Å². The summed E-state index contributed by atoms with van der Waals surface area (Å²) in [6.07, 6.45) is 5.25. The number of ether oxygens (including phenoxy) is 1. The van der Waals surface area contributed by atoms with Crippen molar-refractivity contribution in [2.24, 2.45) is 0 Å². The first-order valence-electron chi connectivity index (χ1n) is 7.87. The number of hydrogen-bond acceptors (Lipinski definition) is 6. The summed E-state index contributed by atoms with van der Waals surface area (Å²) in [7, 11) is 0. The van der Waals surface area contributed by atoms with Gasteiger partial charge in [-0.1, -0.05) is 0 Å². The molecule has 0 aromatic carbocycles. The highest BCUT2D eigenvalue weighted by molar-refractivity contribution is 6.10. The first-order chi connectivity index (χ1) is 11.6. The van der Waals surface area contributed by atoms with E-state index >= 15 is 0 Å². The Kier molecular flexibility index (Phi) is 3.44. The molecule has 4 heterocycles.